The van der Waals surface area contributed by atoms with Crippen LogP contribution in [0.15, 0.2) is 24.3 Å². The lowest BCUT2D eigenvalue weighted by Crippen LogP contribution is -2.11. The molecule has 0 atom stereocenters. The molecule has 0 N–H and O–H groups in total. The zero-order chi connectivity index (χ0) is 20.1. The second kappa shape index (κ2) is 13.1. The number of halogens is 2. The Morgan fingerprint density at radius 1 is 1.04 bits per heavy atom. The van der Waals surface area contributed by atoms with E-state index < -0.39 is 11.6 Å². The molecule has 5 nitrogen and oxygen atoms in total. The van der Waals surface area contributed by atoms with Crippen molar-refractivity contribution in [3.63, 3.8) is 0 Å². The molecule has 0 aliphatic carbocycles. The number of nitrogens with zero attached hydrogens (tertiary/aromatic N) is 1. The zero-order valence-electron chi connectivity index (χ0n) is 15.9. The van der Waals surface area contributed by atoms with Crippen LogP contribution in [-0.2, 0) is 16.1 Å². The van der Waals surface area contributed by atoms with Gasteiger partial charge in [-0.05, 0) is 25.1 Å². The van der Waals surface area contributed by atoms with E-state index in [4.69, 9.17) is 26.9 Å². The molecule has 0 aliphatic heterocycles. The van der Waals surface area contributed by atoms with Gasteiger partial charge in [0.15, 0.2) is 0 Å². The maximum Gasteiger partial charge on any atom is 0.306 e. The van der Waals surface area contributed by atoms with E-state index in [1.165, 1.54) is 31.7 Å². The molecule has 0 bridgehead atoms. The number of hydrogen-bond acceptors (Lipinski definition) is 4. The fourth-order valence-electron chi connectivity index (χ4n) is 2.81. The molecule has 0 aromatic heterocycles. The molecule has 27 heavy (non-hydrogen) atoms. The monoisotopic (exact) mass is 433 g/mol. The number of nitro groups is 1. The lowest BCUT2D eigenvalue weighted by molar-refractivity contribution is -0.385. The number of benzene rings is 1. The molecule has 0 fully saturated rings. The van der Waals surface area contributed by atoms with Gasteiger partial charge in [-0.2, -0.15) is 0 Å². The highest BCUT2D eigenvalue weighted by Crippen LogP contribution is 2.23. The smallest absolute Gasteiger partial charge is 0.306 e. The normalized spacial score (nSPS) is 11.4. The van der Waals surface area contributed by atoms with E-state index in [-0.39, 0.29) is 18.3 Å². The summed E-state index contributed by atoms with van der Waals surface area (Å²) in [7, 11) is 0. The van der Waals surface area contributed by atoms with Crippen LogP contribution in [0.3, 0.4) is 0 Å². The van der Waals surface area contributed by atoms with Crippen LogP contribution in [0.4, 0.5) is 5.69 Å². The number of carbonyl (C=O) groups excluding carboxylic acids is 1. The minimum atomic E-state index is -1.92. The molecule has 8 heteroatoms. The molecule has 0 radical (unpaired) electrons. The molecule has 1 aromatic carbocycles. The summed E-state index contributed by atoms with van der Waals surface area (Å²) >= 11 is 12.1. The Hall–Kier alpha value is -1.11. The number of carbonyl (C=O) groups is 1. The fourth-order valence-corrected chi connectivity index (χ4v) is 4.48. The minimum absolute atomic E-state index is 0.0191. The van der Waals surface area contributed by atoms with Crippen molar-refractivity contribution in [2.75, 3.05) is 0 Å². The Morgan fingerprint density at radius 3 is 2.19 bits per heavy atom. The number of hydrogen-bond donors (Lipinski definition) is 0. The van der Waals surface area contributed by atoms with Gasteiger partial charge in [0.05, 0.1) is 10.5 Å². The molecule has 0 aliphatic rings. The van der Waals surface area contributed by atoms with E-state index in [0.29, 0.717) is 12.0 Å². The Kier molecular flexibility index (Phi) is 11.6. The molecule has 0 saturated carbocycles. The van der Waals surface area contributed by atoms with Gasteiger partial charge in [0.25, 0.3) is 5.69 Å². The van der Waals surface area contributed by atoms with Crippen molar-refractivity contribution < 1.29 is 14.5 Å². The van der Waals surface area contributed by atoms with Crippen molar-refractivity contribution in [2.45, 2.75) is 77.0 Å². The Balaban J connectivity index is 2.03. The second-order valence-corrected chi connectivity index (χ2v) is 15.2. The highest BCUT2D eigenvalue weighted by molar-refractivity contribution is 7.44. The number of nitro benzene ring substituents is 1. The predicted octanol–water partition coefficient (Wildman–Crippen LogP) is 6.70. The SMILES string of the molecule is C[Si](Cl)(Cl)CCCCCCCCCCC(=O)OCc1ccccc1[N+](=O)[O-]. The van der Waals surface area contributed by atoms with E-state index in [1.54, 1.807) is 18.2 Å². The molecule has 0 unspecified atom stereocenters. The predicted molar refractivity (Wildman–Crippen MR) is 113 cm³/mol. The van der Waals surface area contributed by atoms with Crippen molar-refractivity contribution in [3.05, 3.63) is 39.9 Å². The van der Waals surface area contributed by atoms with Gasteiger partial charge >= 0.3 is 5.97 Å². The fraction of sp³-hybridized carbons (Fsp3) is 0.632. The Labute approximate surface area is 172 Å². The van der Waals surface area contributed by atoms with E-state index in [0.717, 1.165) is 31.7 Å². The molecular formula is C19H29Cl2NO4Si. The molecule has 1 aromatic rings. The largest absolute Gasteiger partial charge is 0.461 e. The average molecular weight is 434 g/mol. The van der Waals surface area contributed by atoms with Gasteiger partial charge in [-0.1, -0.05) is 57.1 Å². The first-order valence-corrected chi connectivity index (χ1v) is 14.3. The van der Waals surface area contributed by atoms with E-state index >= 15 is 0 Å². The van der Waals surface area contributed by atoms with E-state index in [9.17, 15) is 14.9 Å². The standard InChI is InChI=1S/C19H29Cl2NO4Si/c1-27(20,21)15-11-7-5-3-2-4-6-8-14-19(23)26-16-17-12-9-10-13-18(17)22(24)25/h9-10,12-13H,2-8,11,14-16H2,1H3. The first kappa shape index (κ1) is 23.9. The summed E-state index contributed by atoms with van der Waals surface area (Å²) in [5, 5.41) is 10.9. The summed E-state index contributed by atoms with van der Waals surface area (Å²) in [5.41, 5.74) is 0.400. The number of esters is 1. The van der Waals surface area contributed by atoms with Gasteiger partial charge in [-0.25, -0.2) is 0 Å². The van der Waals surface area contributed by atoms with Crippen LogP contribution in [0.1, 0.15) is 63.4 Å². The first-order chi connectivity index (χ1) is 12.8. The van der Waals surface area contributed by atoms with Gasteiger partial charge in [-0.3, -0.25) is 14.9 Å². The van der Waals surface area contributed by atoms with Crippen LogP contribution in [0.5, 0.6) is 0 Å². The third kappa shape index (κ3) is 12.1. The van der Waals surface area contributed by atoms with Gasteiger partial charge < -0.3 is 4.74 Å². The van der Waals surface area contributed by atoms with Gasteiger partial charge in [0.2, 0.25) is 6.69 Å². The maximum atomic E-state index is 11.8. The second-order valence-electron chi connectivity index (χ2n) is 6.95. The molecule has 1 rings (SSSR count). The van der Waals surface area contributed by atoms with Crippen LogP contribution in [0, 0.1) is 10.1 Å². The molecule has 0 amide bonds. The highest BCUT2D eigenvalue weighted by Gasteiger charge is 2.19. The number of rotatable bonds is 14. The quantitative estimate of drug-likeness (QED) is 0.0816. The lowest BCUT2D eigenvalue weighted by Gasteiger charge is -2.09. The van der Waals surface area contributed by atoms with Crippen LogP contribution >= 0.6 is 22.2 Å². The van der Waals surface area contributed by atoms with E-state index in [2.05, 4.69) is 0 Å². The third-order valence-corrected chi connectivity index (χ3v) is 6.69. The van der Waals surface area contributed by atoms with Gasteiger partial charge in [-0.15, -0.1) is 22.2 Å². The maximum absolute atomic E-state index is 11.8. The van der Waals surface area contributed by atoms with Crippen molar-refractivity contribution in [2.24, 2.45) is 0 Å². The lowest BCUT2D eigenvalue weighted by atomic mass is 10.1. The molecule has 152 valence electrons. The number of ether oxygens (including phenoxy) is 1. The molecule has 0 saturated heterocycles. The van der Waals surface area contributed by atoms with Crippen molar-refractivity contribution in [1.82, 2.24) is 0 Å². The van der Waals surface area contributed by atoms with Crippen LogP contribution in [0.25, 0.3) is 0 Å². The number of unbranched alkanes of at least 4 members (excludes halogenated alkanes) is 7. The van der Waals surface area contributed by atoms with Crippen molar-refractivity contribution >= 4 is 40.5 Å². The number of para-hydroxylation sites is 1. The molecular weight excluding hydrogens is 405 g/mol. The van der Waals surface area contributed by atoms with E-state index in [1.807, 2.05) is 6.55 Å². The first-order valence-electron chi connectivity index (χ1n) is 9.55. The Bertz CT molecular complexity index is 593. The van der Waals surface area contributed by atoms with Gasteiger partial charge in [0, 0.05) is 12.5 Å². The summed E-state index contributed by atoms with van der Waals surface area (Å²) in [5.74, 6) is -0.303. The Morgan fingerprint density at radius 2 is 1.59 bits per heavy atom. The summed E-state index contributed by atoms with van der Waals surface area (Å²) in [6, 6.07) is 7.27. The topological polar surface area (TPSA) is 69.4 Å². The third-order valence-electron chi connectivity index (χ3n) is 4.32. The van der Waals surface area contributed by atoms with Crippen molar-refractivity contribution in [3.8, 4) is 0 Å². The minimum Gasteiger partial charge on any atom is -0.461 e. The highest BCUT2D eigenvalue weighted by atomic mass is 35.7. The summed E-state index contributed by atoms with van der Waals surface area (Å²) < 4.78 is 5.16. The van der Waals surface area contributed by atoms with Crippen LogP contribution in [-0.4, -0.2) is 17.6 Å². The summed E-state index contributed by atoms with van der Waals surface area (Å²) in [4.78, 5) is 22.2. The molecule has 0 spiro atoms. The summed E-state index contributed by atoms with van der Waals surface area (Å²) in [6.45, 7) is -0.0169. The van der Waals surface area contributed by atoms with Crippen LogP contribution < -0.4 is 0 Å². The van der Waals surface area contributed by atoms with Crippen LogP contribution in [0.2, 0.25) is 12.6 Å². The van der Waals surface area contributed by atoms with Gasteiger partial charge in [0.1, 0.15) is 6.61 Å². The molecule has 0 heterocycles. The average Bonchev–Trinajstić information content (AvgIpc) is 2.60. The van der Waals surface area contributed by atoms with Crippen molar-refractivity contribution in [1.29, 1.82) is 0 Å². The summed E-state index contributed by atoms with van der Waals surface area (Å²) in [6.07, 6.45) is 9.11. The zero-order valence-corrected chi connectivity index (χ0v) is 18.4.